The van der Waals surface area contributed by atoms with E-state index in [0.717, 1.165) is 6.08 Å². The summed E-state index contributed by atoms with van der Waals surface area (Å²) in [6.07, 6.45) is -4.24. The molecule has 1 atom stereocenters. The van der Waals surface area contributed by atoms with Gasteiger partial charge in [-0.1, -0.05) is 29.3 Å². The largest absolute Gasteiger partial charge is 0.475 e. The third kappa shape index (κ3) is 2.24. The average Bonchev–Trinajstić information content (AvgIpc) is 2.27. The Bertz CT molecular complexity index is 514. The van der Waals surface area contributed by atoms with Gasteiger partial charge in [0.1, 0.15) is 10.8 Å². The Kier molecular flexibility index (Phi) is 3.38. The molecule has 1 aliphatic heterocycles. The summed E-state index contributed by atoms with van der Waals surface area (Å²) in [7, 11) is 1.57. The van der Waals surface area contributed by atoms with Gasteiger partial charge in [-0.05, 0) is 12.1 Å². The first-order valence-corrected chi connectivity index (χ1v) is 5.71. The quantitative estimate of drug-likeness (QED) is 0.831. The molecule has 0 aromatic heterocycles. The van der Waals surface area contributed by atoms with E-state index in [4.69, 9.17) is 27.9 Å². The van der Waals surface area contributed by atoms with Gasteiger partial charge in [0.2, 0.25) is 6.10 Å². The lowest BCUT2D eigenvalue weighted by Gasteiger charge is -2.25. The Morgan fingerprint density at radius 3 is 2.56 bits per heavy atom. The molecule has 18 heavy (non-hydrogen) atoms. The van der Waals surface area contributed by atoms with Gasteiger partial charge >= 0.3 is 6.18 Å². The first kappa shape index (κ1) is 13.4. The molecule has 0 amide bonds. The monoisotopic (exact) mass is 297 g/mol. The molecule has 0 spiro atoms. The molecule has 1 aromatic carbocycles. The Hall–Kier alpha value is -1.07. The van der Waals surface area contributed by atoms with Crippen molar-refractivity contribution in [1.29, 1.82) is 0 Å². The first-order chi connectivity index (χ1) is 8.34. The van der Waals surface area contributed by atoms with Gasteiger partial charge in [0.05, 0.1) is 10.7 Å². The molecule has 0 aliphatic carbocycles. The summed E-state index contributed by atoms with van der Waals surface area (Å²) >= 11 is 11.9. The molecule has 0 bridgehead atoms. The molecule has 1 unspecified atom stereocenters. The molecule has 1 heterocycles. The van der Waals surface area contributed by atoms with Crippen LogP contribution in [0.5, 0.6) is 5.75 Å². The average molecular weight is 298 g/mol. The lowest BCUT2D eigenvalue weighted by molar-refractivity contribution is -0.180. The highest BCUT2D eigenvalue weighted by Gasteiger charge is 2.42. The molecule has 0 saturated heterocycles. The van der Waals surface area contributed by atoms with Crippen molar-refractivity contribution >= 4 is 35.0 Å². The normalized spacial score (nSPS) is 18.2. The smallest absolute Gasteiger partial charge is 0.429 e. The van der Waals surface area contributed by atoms with Gasteiger partial charge in [0, 0.05) is 12.6 Å². The summed E-state index contributed by atoms with van der Waals surface area (Å²) in [5, 5.41) is 3.08. The molecule has 1 aliphatic rings. The van der Waals surface area contributed by atoms with Crippen molar-refractivity contribution < 1.29 is 17.9 Å². The second kappa shape index (κ2) is 4.55. The van der Waals surface area contributed by atoms with Crippen LogP contribution in [0.1, 0.15) is 5.56 Å². The minimum Gasteiger partial charge on any atom is -0.475 e. The lowest BCUT2D eigenvalue weighted by atomic mass is 10.1. The van der Waals surface area contributed by atoms with Gasteiger partial charge in [-0.2, -0.15) is 13.2 Å². The number of alkyl halides is 3. The summed E-state index contributed by atoms with van der Waals surface area (Å²) < 4.78 is 42.6. The van der Waals surface area contributed by atoms with Crippen LogP contribution < -0.4 is 10.1 Å². The maximum absolute atomic E-state index is 12.6. The minimum absolute atomic E-state index is 0.0183. The predicted octanol–water partition coefficient (Wildman–Crippen LogP) is 4.37. The maximum atomic E-state index is 12.6. The molecule has 0 saturated carbocycles. The standard InChI is InChI=1S/C11H8Cl2F3NO/c1-17-9-6(12)4-5-2-3-7(11(14,15)16)18-10(5)8(9)13/h2-4,7,17H,1H3. The van der Waals surface area contributed by atoms with Crippen molar-refractivity contribution in [3.8, 4) is 5.75 Å². The number of rotatable bonds is 1. The number of nitrogens with one attached hydrogen (secondary N) is 1. The molecule has 1 N–H and O–H groups in total. The van der Waals surface area contributed by atoms with Crippen molar-refractivity contribution in [2.45, 2.75) is 12.3 Å². The van der Waals surface area contributed by atoms with Crippen molar-refractivity contribution in [3.63, 3.8) is 0 Å². The first-order valence-electron chi connectivity index (χ1n) is 4.96. The van der Waals surface area contributed by atoms with Crippen molar-refractivity contribution in [1.82, 2.24) is 0 Å². The fourth-order valence-electron chi connectivity index (χ4n) is 1.63. The summed E-state index contributed by atoms with van der Waals surface area (Å²) in [4.78, 5) is 0. The zero-order chi connectivity index (χ0) is 13.5. The molecule has 0 fully saturated rings. The molecular weight excluding hydrogens is 290 g/mol. The van der Waals surface area contributed by atoms with E-state index in [1.54, 1.807) is 7.05 Å². The molecule has 98 valence electrons. The van der Waals surface area contributed by atoms with Crippen LogP contribution in [0.25, 0.3) is 6.08 Å². The van der Waals surface area contributed by atoms with Crippen LogP contribution in [0.4, 0.5) is 18.9 Å². The predicted molar refractivity (Wildman–Crippen MR) is 65.5 cm³/mol. The van der Waals surface area contributed by atoms with Crippen molar-refractivity contribution in [2.24, 2.45) is 0 Å². The van der Waals surface area contributed by atoms with E-state index in [-0.39, 0.29) is 10.8 Å². The van der Waals surface area contributed by atoms with Crippen LogP contribution in [-0.2, 0) is 0 Å². The number of hydrogen-bond acceptors (Lipinski definition) is 2. The summed E-state index contributed by atoms with van der Waals surface area (Å²) in [5.41, 5.74) is 0.762. The number of fused-ring (bicyclic) bond motifs is 1. The number of anilines is 1. The van der Waals surface area contributed by atoms with Crippen LogP contribution in [0, 0.1) is 0 Å². The second-order valence-corrected chi connectivity index (χ2v) is 4.44. The fraction of sp³-hybridized carbons (Fsp3) is 0.273. The number of ether oxygens (including phenoxy) is 1. The third-order valence-electron chi connectivity index (χ3n) is 2.47. The Balaban J connectivity index is 2.49. The van der Waals surface area contributed by atoms with E-state index in [9.17, 15) is 13.2 Å². The van der Waals surface area contributed by atoms with Crippen molar-refractivity contribution in [3.05, 3.63) is 27.8 Å². The number of hydrogen-bond donors (Lipinski definition) is 1. The highest BCUT2D eigenvalue weighted by atomic mass is 35.5. The summed E-state index contributed by atoms with van der Waals surface area (Å²) in [5.74, 6) is -0.0183. The molecule has 2 rings (SSSR count). The second-order valence-electron chi connectivity index (χ2n) is 3.65. The molecule has 7 heteroatoms. The van der Waals surface area contributed by atoms with Crippen molar-refractivity contribution in [2.75, 3.05) is 12.4 Å². The highest BCUT2D eigenvalue weighted by Crippen LogP contribution is 2.44. The van der Waals surface area contributed by atoms with E-state index in [1.165, 1.54) is 12.1 Å². The van der Waals surface area contributed by atoms with Crippen LogP contribution in [0.3, 0.4) is 0 Å². The van der Waals surface area contributed by atoms with Crippen LogP contribution >= 0.6 is 23.2 Å². The maximum Gasteiger partial charge on any atom is 0.429 e. The third-order valence-corrected chi connectivity index (χ3v) is 3.13. The van der Waals surface area contributed by atoms with Crippen LogP contribution in [0.2, 0.25) is 10.0 Å². The van der Waals surface area contributed by atoms with Gasteiger partial charge in [0.15, 0.2) is 0 Å². The SMILES string of the molecule is CNc1c(Cl)cc2c(c1Cl)OC(C(F)(F)F)C=C2. The lowest BCUT2D eigenvalue weighted by Crippen LogP contribution is -2.34. The summed E-state index contributed by atoms with van der Waals surface area (Å²) in [6, 6.07) is 1.50. The topological polar surface area (TPSA) is 21.3 Å². The minimum atomic E-state index is -4.48. The van der Waals surface area contributed by atoms with Crippen LogP contribution in [0.15, 0.2) is 12.1 Å². The van der Waals surface area contributed by atoms with E-state index in [0.29, 0.717) is 16.3 Å². The Morgan fingerprint density at radius 2 is 2.00 bits per heavy atom. The van der Waals surface area contributed by atoms with E-state index < -0.39 is 12.3 Å². The molecule has 2 nitrogen and oxygen atoms in total. The van der Waals surface area contributed by atoms with Gasteiger partial charge in [-0.25, -0.2) is 0 Å². The Labute approximate surface area is 111 Å². The fourth-order valence-corrected chi connectivity index (χ4v) is 2.33. The van der Waals surface area contributed by atoms with Gasteiger partial charge in [0.25, 0.3) is 0 Å². The molecule has 0 radical (unpaired) electrons. The van der Waals surface area contributed by atoms with Gasteiger partial charge < -0.3 is 10.1 Å². The Morgan fingerprint density at radius 1 is 1.33 bits per heavy atom. The zero-order valence-electron chi connectivity index (χ0n) is 9.11. The van der Waals surface area contributed by atoms with E-state index in [1.807, 2.05) is 0 Å². The number of halogens is 5. The van der Waals surface area contributed by atoms with E-state index in [2.05, 4.69) is 5.32 Å². The van der Waals surface area contributed by atoms with Crippen LogP contribution in [-0.4, -0.2) is 19.3 Å². The summed E-state index contributed by atoms with van der Waals surface area (Å²) in [6.45, 7) is 0. The number of benzene rings is 1. The molecular formula is C11H8Cl2F3NO. The molecule has 1 aromatic rings. The zero-order valence-corrected chi connectivity index (χ0v) is 10.6. The van der Waals surface area contributed by atoms with Gasteiger partial charge in [-0.3, -0.25) is 0 Å². The highest BCUT2D eigenvalue weighted by molar-refractivity contribution is 6.40. The van der Waals surface area contributed by atoms with Gasteiger partial charge in [-0.15, -0.1) is 0 Å². The van der Waals surface area contributed by atoms with E-state index >= 15 is 0 Å².